The van der Waals surface area contributed by atoms with Crippen LogP contribution in [0.2, 0.25) is 5.02 Å². The van der Waals surface area contributed by atoms with Crippen molar-refractivity contribution in [3.63, 3.8) is 0 Å². The van der Waals surface area contributed by atoms with Crippen molar-refractivity contribution in [1.29, 1.82) is 0 Å². The first-order chi connectivity index (χ1) is 8.97. The molecular weight excluding hydrogens is 266 g/mol. The third-order valence-electron chi connectivity index (χ3n) is 2.63. The number of halogens is 1. The number of benzene rings is 2. The largest absolute Gasteiger partial charge is 0.508 e. The third kappa shape index (κ3) is 2.98. The first-order valence-corrected chi connectivity index (χ1v) is 5.94. The van der Waals surface area contributed by atoms with Gasteiger partial charge >= 0.3 is 0 Å². The minimum atomic E-state index is -0.456. The van der Waals surface area contributed by atoms with E-state index in [-0.39, 0.29) is 17.1 Å². The molecule has 0 aliphatic carbocycles. The Morgan fingerprint density at radius 3 is 2.37 bits per heavy atom. The number of aryl methyl sites for hydroxylation is 1. The van der Waals surface area contributed by atoms with Gasteiger partial charge in [-0.25, -0.2) is 0 Å². The number of para-hydroxylation sites is 1. The molecule has 0 saturated heterocycles. The van der Waals surface area contributed by atoms with Crippen LogP contribution in [0.15, 0.2) is 36.4 Å². The molecule has 0 heterocycles. The highest BCUT2D eigenvalue weighted by Crippen LogP contribution is 2.27. The molecule has 19 heavy (non-hydrogen) atoms. The normalized spacial score (nSPS) is 10.2. The predicted molar refractivity (Wildman–Crippen MR) is 73.9 cm³/mol. The molecule has 1 amide bonds. The van der Waals surface area contributed by atoms with Gasteiger partial charge in [-0.15, -0.1) is 0 Å². The lowest BCUT2D eigenvalue weighted by Crippen LogP contribution is -2.13. The van der Waals surface area contributed by atoms with E-state index in [1.54, 1.807) is 12.1 Å². The topological polar surface area (TPSA) is 69.6 Å². The van der Waals surface area contributed by atoms with Gasteiger partial charge in [-0.1, -0.05) is 23.7 Å². The molecule has 0 aliphatic rings. The van der Waals surface area contributed by atoms with Gasteiger partial charge in [0.1, 0.15) is 11.5 Å². The molecular formula is C14H12ClNO3. The lowest BCUT2D eigenvalue weighted by atomic mass is 10.1. The monoisotopic (exact) mass is 277 g/mol. The highest BCUT2D eigenvalue weighted by molar-refractivity contribution is 6.34. The quantitative estimate of drug-likeness (QED) is 0.789. The van der Waals surface area contributed by atoms with Crippen molar-refractivity contribution in [3.05, 3.63) is 52.5 Å². The Kier molecular flexibility index (Phi) is 3.62. The van der Waals surface area contributed by atoms with E-state index in [2.05, 4.69) is 5.32 Å². The lowest BCUT2D eigenvalue weighted by molar-refractivity contribution is 0.102. The Morgan fingerprint density at radius 1 is 1.16 bits per heavy atom. The van der Waals surface area contributed by atoms with Crippen LogP contribution in [0.1, 0.15) is 15.9 Å². The number of amides is 1. The molecule has 0 aliphatic heterocycles. The fraction of sp³-hybridized carbons (Fsp3) is 0.0714. The van der Waals surface area contributed by atoms with Crippen LogP contribution < -0.4 is 5.32 Å². The zero-order chi connectivity index (χ0) is 14.0. The van der Waals surface area contributed by atoms with Gasteiger partial charge in [-0.2, -0.15) is 0 Å². The Bertz CT molecular complexity index is 600. The lowest BCUT2D eigenvalue weighted by Gasteiger charge is -2.10. The highest BCUT2D eigenvalue weighted by Gasteiger charge is 2.12. The summed E-state index contributed by atoms with van der Waals surface area (Å²) < 4.78 is 0. The van der Waals surface area contributed by atoms with Crippen LogP contribution in [0.3, 0.4) is 0 Å². The maximum absolute atomic E-state index is 12.0. The minimum absolute atomic E-state index is 0.150. The van der Waals surface area contributed by atoms with E-state index < -0.39 is 5.91 Å². The highest BCUT2D eigenvalue weighted by atomic mass is 35.5. The van der Waals surface area contributed by atoms with Gasteiger partial charge in [0.05, 0.1) is 10.7 Å². The van der Waals surface area contributed by atoms with E-state index in [0.717, 1.165) is 11.6 Å². The van der Waals surface area contributed by atoms with Gasteiger partial charge in [0.25, 0.3) is 5.91 Å². The summed E-state index contributed by atoms with van der Waals surface area (Å²) in [6.07, 6.45) is 0. The Labute approximate surface area is 115 Å². The summed E-state index contributed by atoms with van der Waals surface area (Å²) >= 11 is 6.01. The van der Waals surface area contributed by atoms with Crippen LogP contribution >= 0.6 is 11.6 Å². The molecule has 4 nitrogen and oxygen atoms in total. The van der Waals surface area contributed by atoms with Crippen LogP contribution in [-0.4, -0.2) is 16.1 Å². The Balaban J connectivity index is 2.31. The number of phenols is 2. The van der Waals surface area contributed by atoms with Gasteiger partial charge in [0.15, 0.2) is 0 Å². The van der Waals surface area contributed by atoms with Crippen molar-refractivity contribution in [3.8, 4) is 11.5 Å². The molecule has 0 bridgehead atoms. The Morgan fingerprint density at radius 2 is 1.79 bits per heavy atom. The molecule has 0 unspecified atom stereocenters. The number of carbonyl (C=O) groups excluding carboxylic acids is 1. The van der Waals surface area contributed by atoms with Crippen molar-refractivity contribution in [1.82, 2.24) is 0 Å². The zero-order valence-electron chi connectivity index (χ0n) is 10.1. The van der Waals surface area contributed by atoms with Crippen molar-refractivity contribution in [2.75, 3.05) is 5.32 Å². The van der Waals surface area contributed by atoms with Gasteiger partial charge in [0.2, 0.25) is 0 Å². The molecule has 0 atom stereocenters. The number of carbonyl (C=O) groups is 1. The number of hydrogen-bond donors (Lipinski definition) is 3. The van der Waals surface area contributed by atoms with Gasteiger partial charge < -0.3 is 15.5 Å². The van der Waals surface area contributed by atoms with Gasteiger partial charge in [-0.3, -0.25) is 4.79 Å². The van der Waals surface area contributed by atoms with Gasteiger partial charge in [0, 0.05) is 11.6 Å². The third-order valence-corrected chi connectivity index (χ3v) is 2.94. The van der Waals surface area contributed by atoms with Crippen molar-refractivity contribution < 1.29 is 15.0 Å². The van der Waals surface area contributed by atoms with E-state index in [1.807, 2.05) is 13.0 Å². The Hall–Kier alpha value is -2.20. The van der Waals surface area contributed by atoms with Gasteiger partial charge in [-0.05, 0) is 30.7 Å². The van der Waals surface area contributed by atoms with Crippen LogP contribution in [0, 0.1) is 6.92 Å². The maximum atomic E-state index is 12.0. The summed E-state index contributed by atoms with van der Waals surface area (Å²) in [5, 5.41) is 21.8. The molecule has 0 saturated carbocycles. The summed E-state index contributed by atoms with van der Waals surface area (Å²) in [7, 11) is 0. The smallest absolute Gasteiger partial charge is 0.255 e. The number of nitrogens with one attached hydrogen (secondary N) is 1. The average Bonchev–Trinajstić information content (AvgIpc) is 2.32. The standard InChI is InChI=1S/C14H12ClNO3/c1-8-3-2-4-12(15)13(8)16-14(19)9-5-10(17)7-11(18)6-9/h2-7,17-18H,1H3,(H,16,19). The molecule has 98 valence electrons. The molecule has 3 N–H and O–H groups in total. The molecule has 0 aromatic heterocycles. The fourth-order valence-corrected chi connectivity index (χ4v) is 1.97. The fourth-order valence-electron chi connectivity index (χ4n) is 1.70. The van der Waals surface area contributed by atoms with Crippen molar-refractivity contribution in [2.45, 2.75) is 6.92 Å². The first-order valence-electron chi connectivity index (χ1n) is 5.57. The minimum Gasteiger partial charge on any atom is -0.508 e. The summed E-state index contributed by atoms with van der Waals surface area (Å²) in [5.41, 5.74) is 1.49. The maximum Gasteiger partial charge on any atom is 0.255 e. The van der Waals surface area contributed by atoms with E-state index in [9.17, 15) is 15.0 Å². The van der Waals surface area contributed by atoms with E-state index >= 15 is 0 Å². The van der Waals surface area contributed by atoms with Crippen LogP contribution in [0.4, 0.5) is 5.69 Å². The molecule has 0 radical (unpaired) electrons. The summed E-state index contributed by atoms with van der Waals surface area (Å²) in [6, 6.07) is 8.96. The van der Waals surface area contributed by atoms with E-state index in [4.69, 9.17) is 11.6 Å². The van der Waals surface area contributed by atoms with Crippen molar-refractivity contribution in [2.24, 2.45) is 0 Å². The summed E-state index contributed by atoms with van der Waals surface area (Å²) in [5.74, 6) is -0.815. The molecule has 2 rings (SSSR count). The summed E-state index contributed by atoms with van der Waals surface area (Å²) in [4.78, 5) is 12.0. The molecule has 5 heteroatoms. The van der Waals surface area contributed by atoms with Crippen molar-refractivity contribution >= 4 is 23.2 Å². The van der Waals surface area contributed by atoms with Crippen LogP contribution in [0.5, 0.6) is 11.5 Å². The van der Waals surface area contributed by atoms with E-state index in [0.29, 0.717) is 10.7 Å². The van der Waals surface area contributed by atoms with Crippen LogP contribution in [-0.2, 0) is 0 Å². The second kappa shape index (κ2) is 5.20. The zero-order valence-corrected chi connectivity index (χ0v) is 10.9. The SMILES string of the molecule is Cc1cccc(Cl)c1NC(=O)c1cc(O)cc(O)c1. The number of phenolic OH excluding ortho intramolecular Hbond substituents is 2. The second-order valence-corrected chi connectivity index (χ2v) is 4.53. The summed E-state index contributed by atoms with van der Waals surface area (Å²) in [6.45, 7) is 1.82. The number of anilines is 1. The number of rotatable bonds is 2. The molecule has 0 spiro atoms. The first kappa shape index (κ1) is 13.2. The molecule has 2 aromatic rings. The second-order valence-electron chi connectivity index (χ2n) is 4.12. The van der Waals surface area contributed by atoms with E-state index in [1.165, 1.54) is 12.1 Å². The number of aromatic hydroxyl groups is 2. The van der Waals surface area contributed by atoms with Crippen LogP contribution in [0.25, 0.3) is 0 Å². The molecule has 0 fully saturated rings. The number of hydrogen-bond acceptors (Lipinski definition) is 3. The average molecular weight is 278 g/mol. The molecule has 2 aromatic carbocycles. The predicted octanol–water partition coefficient (Wildman–Crippen LogP) is 3.31.